The fourth-order valence-electron chi connectivity index (χ4n) is 3.53. The van der Waals surface area contributed by atoms with Gasteiger partial charge in [0.25, 0.3) is 5.91 Å². The zero-order chi connectivity index (χ0) is 15.8. The van der Waals surface area contributed by atoms with E-state index in [9.17, 15) is 4.79 Å². The van der Waals surface area contributed by atoms with E-state index < -0.39 is 0 Å². The predicted octanol–water partition coefficient (Wildman–Crippen LogP) is 1.73. The molecule has 23 heavy (non-hydrogen) atoms. The number of likely N-dealkylation sites (tertiary alicyclic amines) is 1. The first kappa shape index (κ1) is 14.6. The van der Waals surface area contributed by atoms with E-state index in [2.05, 4.69) is 20.3 Å². The van der Waals surface area contributed by atoms with Crippen LogP contribution in [0, 0.1) is 5.92 Å². The number of hydrogen-bond acceptors (Lipinski definition) is 4. The van der Waals surface area contributed by atoms with E-state index in [4.69, 9.17) is 0 Å². The molecule has 2 aromatic heterocycles. The highest BCUT2D eigenvalue weighted by Crippen LogP contribution is 2.32. The van der Waals surface area contributed by atoms with Crippen molar-refractivity contribution in [1.29, 1.82) is 0 Å². The lowest BCUT2D eigenvalue weighted by Gasteiger charge is -2.24. The van der Waals surface area contributed by atoms with Crippen molar-refractivity contribution in [3.63, 3.8) is 0 Å². The molecule has 1 atom stereocenters. The number of hydrogen-bond donors (Lipinski definition) is 2. The van der Waals surface area contributed by atoms with Gasteiger partial charge in [-0.2, -0.15) is 0 Å². The van der Waals surface area contributed by atoms with Gasteiger partial charge in [-0.3, -0.25) is 4.79 Å². The number of aromatic amines is 1. The van der Waals surface area contributed by atoms with Crippen LogP contribution >= 0.6 is 0 Å². The average Bonchev–Trinajstić information content (AvgIpc) is 3.08. The molecule has 2 N–H and O–H groups in total. The largest absolute Gasteiger partial charge is 0.340 e. The minimum absolute atomic E-state index is 0.0942. The molecule has 2 fully saturated rings. The summed E-state index contributed by atoms with van der Waals surface area (Å²) in [6.07, 6.45) is 7.38. The highest BCUT2D eigenvalue weighted by Gasteiger charge is 2.30. The van der Waals surface area contributed by atoms with Gasteiger partial charge in [-0.25, -0.2) is 9.97 Å². The summed E-state index contributed by atoms with van der Waals surface area (Å²) >= 11 is 0. The van der Waals surface area contributed by atoms with E-state index in [-0.39, 0.29) is 11.9 Å². The van der Waals surface area contributed by atoms with Gasteiger partial charge in [-0.15, -0.1) is 0 Å². The van der Waals surface area contributed by atoms with E-state index in [1.54, 1.807) is 6.20 Å². The highest BCUT2D eigenvalue weighted by molar-refractivity contribution is 6.04. The van der Waals surface area contributed by atoms with Crippen LogP contribution in [-0.4, -0.2) is 51.9 Å². The molecule has 122 valence electrons. The van der Waals surface area contributed by atoms with Gasteiger partial charge >= 0.3 is 0 Å². The Morgan fingerprint density at radius 2 is 2.30 bits per heavy atom. The van der Waals surface area contributed by atoms with Crippen LogP contribution < -0.4 is 5.32 Å². The monoisotopic (exact) mass is 313 g/mol. The van der Waals surface area contributed by atoms with E-state index in [0.29, 0.717) is 11.2 Å². The standard InChI is InChI=1S/C17H23N5O/c1-18-10-12-3-2-8-22(12)17(23)13-6-7-19-16-15(13)20-14(21-16)9-11-4-5-11/h6-7,11-12,18H,2-5,8-10H2,1H3,(H,19,20,21). The van der Waals surface area contributed by atoms with Crippen molar-refractivity contribution < 1.29 is 4.79 Å². The molecule has 1 saturated carbocycles. The van der Waals surface area contributed by atoms with Crippen LogP contribution in [0.4, 0.5) is 0 Å². The Labute approximate surface area is 135 Å². The summed E-state index contributed by atoms with van der Waals surface area (Å²) in [6.45, 7) is 1.67. The van der Waals surface area contributed by atoms with Crippen molar-refractivity contribution in [2.75, 3.05) is 20.1 Å². The third kappa shape index (κ3) is 2.83. The van der Waals surface area contributed by atoms with Crippen molar-refractivity contribution in [1.82, 2.24) is 25.2 Å². The second-order valence-corrected chi connectivity index (χ2v) is 6.74. The molecule has 3 heterocycles. The molecule has 6 nitrogen and oxygen atoms in total. The smallest absolute Gasteiger partial charge is 0.256 e. The fraction of sp³-hybridized carbons (Fsp3) is 0.588. The van der Waals surface area contributed by atoms with Crippen molar-refractivity contribution in [2.24, 2.45) is 5.92 Å². The zero-order valence-corrected chi connectivity index (χ0v) is 13.5. The Kier molecular flexibility index (Phi) is 3.77. The number of amides is 1. The Morgan fingerprint density at radius 3 is 3.09 bits per heavy atom. The average molecular weight is 313 g/mol. The topological polar surface area (TPSA) is 73.9 Å². The number of pyridine rings is 1. The van der Waals surface area contributed by atoms with Crippen LogP contribution in [0.2, 0.25) is 0 Å². The third-order valence-electron chi connectivity index (χ3n) is 4.93. The molecule has 4 rings (SSSR count). The van der Waals surface area contributed by atoms with Gasteiger partial charge < -0.3 is 15.2 Å². The van der Waals surface area contributed by atoms with Crippen molar-refractivity contribution >= 4 is 17.1 Å². The molecule has 1 aliphatic heterocycles. The molecular weight excluding hydrogens is 290 g/mol. The van der Waals surface area contributed by atoms with Gasteiger partial charge in [0.1, 0.15) is 5.82 Å². The summed E-state index contributed by atoms with van der Waals surface area (Å²) in [5.41, 5.74) is 2.16. The molecular formula is C17H23N5O. The number of imidazole rings is 1. The molecule has 1 unspecified atom stereocenters. The fourth-order valence-corrected chi connectivity index (χ4v) is 3.53. The number of nitrogens with one attached hydrogen (secondary N) is 2. The normalized spacial score (nSPS) is 21.3. The molecule has 0 radical (unpaired) electrons. The first-order chi connectivity index (χ1) is 11.3. The van der Waals surface area contributed by atoms with Crippen molar-refractivity contribution in [3.8, 4) is 0 Å². The van der Waals surface area contributed by atoms with E-state index in [0.717, 1.165) is 49.6 Å². The van der Waals surface area contributed by atoms with Gasteiger partial charge in [-0.05, 0) is 44.7 Å². The SMILES string of the molecule is CNCC1CCCN1C(=O)c1ccnc2nc(CC3CC3)[nH]c12. The number of rotatable bonds is 5. The summed E-state index contributed by atoms with van der Waals surface area (Å²) in [4.78, 5) is 27.3. The summed E-state index contributed by atoms with van der Waals surface area (Å²) in [5.74, 6) is 1.81. The van der Waals surface area contributed by atoms with E-state index >= 15 is 0 Å². The molecule has 1 aliphatic carbocycles. The number of carbonyl (C=O) groups excluding carboxylic acids is 1. The van der Waals surface area contributed by atoms with Gasteiger partial charge in [0.2, 0.25) is 0 Å². The second-order valence-electron chi connectivity index (χ2n) is 6.74. The number of fused-ring (bicyclic) bond motifs is 1. The molecule has 0 spiro atoms. The van der Waals surface area contributed by atoms with Crippen LogP contribution in [0.3, 0.4) is 0 Å². The van der Waals surface area contributed by atoms with Gasteiger partial charge in [0, 0.05) is 31.7 Å². The summed E-state index contributed by atoms with van der Waals surface area (Å²) in [5, 5.41) is 3.19. The summed E-state index contributed by atoms with van der Waals surface area (Å²) < 4.78 is 0. The maximum Gasteiger partial charge on any atom is 0.256 e. The van der Waals surface area contributed by atoms with E-state index in [1.807, 2.05) is 18.0 Å². The van der Waals surface area contributed by atoms with E-state index in [1.165, 1.54) is 12.8 Å². The first-order valence-electron chi connectivity index (χ1n) is 8.55. The number of likely N-dealkylation sites (N-methyl/N-ethyl adjacent to an activating group) is 1. The molecule has 2 aliphatic rings. The quantitative estimate of drug-likeness (QED) is 0.882. The third-order valence-corrected chi connectivity index (χ3v) is 4.93. The van der Waals surface area contributed by atoms with Crippen molar-refractivity contribution in [3.05, 3.63) is 23.7 Å². The molecule has 2 aromatic rings. The molecule has 6 heteroatoms. The van der Waals surface area contributed by atoms with Crippen molar-refractivity contribution in [2.45, 2.75) is 38.1 Å². The van der Waals surface area contributed by atoms with Crippen LogP contribution in [0.5, 0.6) is 0 Å². The summed E-state index contributed by atoms with van der Waals surface area (Å²) in [7, 11) is 1.94. The number of carbonyl (C=O) groups is 1. The van der Waals surface area contributed by atoms with Crippen LogP contribution in [0.25, 0.3) is 11.2 Å². The number of nitrogens with zero attached hydrogens (tertiary/aromatic N) is 3. The molecule has 0 bridgehead atoms. The number of H-pyrrole nitrogens is 1. The maximum atomic E-state index is 13.0. The molecule has 1 saturated heterocycles. The molecule has 1 amide bonds. The van der Waals surface area contributed by atoms with Crippen LogP contribution in [0.1, 0.15) is 41.9 Å². The Hall–Kier alpha value is -1.95. The Bertz CT molecular complexity index is 721. The van der Waals surface area contributed by atoms with Crippen LogP contribution in [-0.2, 0) is 6.42 Å². The Morgan fingerprint density at radius 1 is 1.43 bits per heavy atom. The maximum absolute atomic E-state index is 13.0. The zero-order valence-electron chi connectivity index (χ0n) is 13.5. The lowest BCUT2D eigenvalue weighted by Crippen LogP contribution is -2.40. The molecule has 0 aromatic carbocycles. The van der Waals surface area contributed by atoms with Gasteiger partial charge in [0.15, 0.2) is 5.65 Å². The lowest BCUT2D eigenvalue weighted by molar-refractivity contribution is 0.0739. The first-order valence-corrected chi connectivity index (χ1v) is 8.55. The van der Waals surface area contributed by atoms with Gasteiger partial charge in [0.05, 0.1) is 11.1 Å². The summed E-state index contributed by atoms with van der Waals surface area (Å²) in [6, 6.07) is 2.10. The number of aromatic nitrogens is 3. The lowest BCUT2D eigenvalue weighted by atomic mass is 10.1. The minimum Gasteiger partial charge on any atom is -0.340 e. The van der Waals surface area contributed by atoms with Gasteiger partial charge in [-0.1, -0.05) is 0 Å². The predicted molar refractivity (Wildman–Crippen MR) is 88.3 cm³/mol. The highest BCUT2D eigenvalue weighted by atomic mass is 16.2. The van der Waals surface area contributed by atoms with Crippen LogP contribution in [0.15, 0.2) is 12.3 Å². The minimum atomic E-state index is 0.0942. The second kappa shape index (κ2) is 5.92. The Balaban J connectivity index is 1.64.